The van der Waals surface area contributed by atoms with Gasteiger partial charge in [-0.05, 0) is 50.7 Å². The number of carbonyl (C=O) groups excluding carboxylic acids is 1. The van der Waals surface area contributed by atoms with Crippen molar-refractivity contribution in [3.8, 4) is 5.75 Å². The van der Waals surface area contributed by atoms with Crippen LogP contribution in [0.5, 0.6) is 5.75 Å². The Kier molecular flexibility index (Phi) is 6.95. The number of anilines is 1. The predicted molar refractivity (Wildman–Crippen MR) is 115 cm³/mol. The molecule has 0 unspecified atom stereocenters. The third-order valence-electron chi connectivity index (χ3n) is 5.68. The Labute approximate surface area is 168 Å². The van der Waals surface area contributed by atoms with Crippen molar-refractivity contribution in [2.75, 3.05) is 18.5 Å². The maximum absolute atomic E-state index is 13.3. The Morgan fingerprint density at radius 1 is 1.18 bits per heavy atom. The predicted octanol–water partition coefficient (Wildman–Crippen LogP) is 5.94. The number of nitrogens with one attached hydrogen (secondary N) is 1. The van der Waals surface area contributed by atoms with E-state index in [9.17, 15) is 4.79 Å². The first kappa shape index (κ1) is 20.7. The molecule has 0 aromatic heterocycles. The zero-order valence-electron chi connectivity index (χ0n) is 17.4. The third-order valence-corrected chi connectivity index (χ3v) is 5.68. The normalized spacial score (nSPS) is 22.2. The van der Waals surface area contributed by atoms with Crippen molar-refractivity contribution in [3.63, 3.8) is 0 Å². The van der Waals surface area contributed by atoms with Gasteiger partial charge in [-0.15, -0.1) is 0 Å². The second-order valence-corrected chi connectivity index (χ2v) is 7.94. The van der Waals surface area contributed by atoms with E-state index in [1.165, 1.54) is 0 Å². The van der Waals surface area contributed by atoms with E-state index in [0.29, 0.717) is 19.1 Å². The largest absolute Gasteiger partial charge is 0.493 e. The number of amides is 1. The van der Waals surface area contributed by atoms with Crippen molar-refractivity contribution >= 4 is 22.4 Å². The van der Waals surface area contributed by atoms with Crippen LogP contribution in [0, 0.1) is 5.92 Å². The molecule has 1 amide bonds. The lowest BCUT2D eigenvalue weighted by Gasteiger charge is -2.38. The summed E-state index contributed by atoms with van der Waals surface area (Å²) in [7, 11) is 0. The SMILES string of the molecule is CCCCOc1ccc(NC(=O)[C@@]2(OCC)CCC[C@@H](C)C2)c2ccccc12. The molecule has 2 atom stereocenters. The molecule has 0 saturated heterocycles. The summed E-state index contributed by atoms with van der Waals surface area (Å²) in [5.41, 5.74) is 0.102. The summed E-state index contributed by atoms with van der Waals surface area (Å²) in [6.45, 7) is 7.58. The highest BCUT2D eigenvalue weighted by Crippen LogP contribution is 2.38. The molecule has 0 bridgehead atoms. The topological polar surface area (TPSA) is 47.6 Å². The van der Waals surface area contributed by atoms with Crippen molar-refractivity contribution in [2.45, 2.75) is 64.9 Å². The summed E-state index contributed by atoms with van der Waals surface area (Å²) in [6, 6.07) is 12.0. The molecule has 1 aliphatic rings. The highest BCUT2D eigenvalue weighted by atomic mass is 16.5. The molecule has 4 nitrogen and oxygen atoms in total. The number of hydrogen-bond acceptors (Lipinski definition) is 3. The van der Waals surface area contributed by atoms with Gasteiger partial charge >= 0.3 is 0 Å². The third kappa shape index (κ3) is 4.49. The first-order valence-corrected chi connectivity index (χ1v) is 10.7. The van der Waals surface area contributed by atoms with Gasteiger partial charge < -0.3 is 14.8 Å². The molecule has 3 rings (SSSR count). The van der Waals surface area contributed by atoms with E-state index in [1.807, 2.05) is 43.3 Å². The summed E-state index contributed by atoms with van der Waals surface area (Å²) in [5, 5.41) is 5.20. The van der Waals surface area contributed by atoms with Crippen LogP contribution in [-0.2, 0) is 9.53 Å². The first-order valence-electron chi connectivity index (χ1n) is 10.7. The van der Waals surface area contributed by atoms with Crippen LogP contribution in [0.3, 0.4) is 0 Å². The Morgan fingerprint density at radius 3 is 2.68 bits per heavy atom. The van der Waals surface area contributed by atoms with Crippen LogP contribution >= 0.6 is 0 Å². The zero-order chi connectivity index (χ0) is 20.0. The fourth-order valence-electron chi connectivity index (χ4n) is 4.25. The van der Waals surface area contributed by atoms with E-state index in [2.05, 4.69) is 19.2 Å². The number of ether oxygens (including phenoxy) is 2. The number of rotatable bonds is 8. The van der Waals surface area contributed by atoms with Gasteiger partial charge in [0.15, 0.2) is 0 Å². The van der Waals surface area contributed by atoms with Gasteiger partial charge in [-0.2, -0.15) is 0 Å². The first-order chi connectivity index (χ1) is 13.6. The van der Waals surface area contributed by atoms with Crippen LogP contribution in [-0.4, -0.2) is 24.7 Å². The molecule has 0 heterocycles. The van der Waals surface area contributed by atoms with Crippen LogP contribution in [0.1, 0.15) is 59.3 Å². The van der Waals surface area contributed by atoms with E-state index < -0.39 is 5.60 Å². The second-order valence-electron chi connectivity index (χ2n) is 7.94. The number of benzene rings is 2. The summed E-state index contributed by atoms with van der Waals surface area (Å²) in [5.74, 6) is 1.34. The molecule has 2 aromatic carbocycles. The van der Waals surface area contributed by atoms with Gasteiger partial charge in [0.2, 0.25) is 0 Å². The number of carbonyl (C=O) groups is 1. The second kappa shape index (κ2) is 9.42. The molecule has 0 spiro atoms. The lowest BCUT2D eigenvalue weighted by atomic mass is 9.78. The lowest BCUT2D eigenvalue weighted by molar-refractivity contribution is -0.147. The van der Waals surface area contributed by atoms with Gasteiger partial charge in [-0.3, -0.25) is 4.79 Å². The average Bonchev–Trinajstić information content (AvgIpc) is 2.70. The average molecular weight is 384 g/mol. The summed E-state index contributed by atoms with van der Waals surface area (Å²) in [4.78, 5) is 13.3. The van der Waals surface area contributed by atoms with Gasteiger partial charge in [-0.25, -0.2) is 0 Å². The lowest BCUT2D eigenvalue weighted by Crippen LogP contribution is -2.48. The van der Waals surface area contributed by atoms with E-state index >= 15 is 0 Å². The fourth-order valence-corrected chi connectivity index (χ4v) is 4.25. The molecule has 28 heavy (non-hydrogen) atoms. The number of unbranched alkanes of at least 4 members (excludes halogenated alkanes) is 1. The molecule has 1 fully saturated rings. The Hall–Kier alpha value is -2.07. The van der Waals surface area contributed by atoms with E-state index in [4.69, 9.17) is 9.47 Å². The van der Waals surface area contributed by atoms with Crippen molar-refractivity contribution in [3.05, 3.63) is 36.4 Å². The summed E-state index contributed by atoms with van der Waals surface area (Å²) < 4.78 is 12.0. The summed E-state index contributed by atoms with van der Waals surface area (Å²) >= 11 is 0. The molecule has 1 aliphatic carbocycles. The maximum Gasteiger partial charge on any atom is 0.256 e. The van der Waals surface area contributed by atoms with E-state index in [1.54, 1.807) is 0 Å². The standard InChI is InChI=1S/C24H33NO3/c1-4-6-16-27-22-14-13-21(19-11-7-8-12-20(19)22)25-23(26)24(28-5-2)15-9-10-18(3)17-24/h7-8,11-14,18H,4-6,9-10,15-17H2,1-3H3,(H,25,26)/t18-,24-/m1/s1. The smallest absolute Gasteiger partial charge is 0.256 e. The molecular weight excluding hydrogens is 350 g/mol. The van der Waals surface area contributed by atoms with Gasteiger partial charge in [-0.1, -0.05) is 51.0 Å². The molecular formula is C24H33NO3. The van der Waals surface area contributed by atoms with E-state index in [0.717, 1.165) is 60.7 Å². The molecule has 4 heteroatoms. The fraction of sp³-hybridized carbons (Fsp3) is 0.542. The number of hydrogen-bond donors (Lipinski definition) is 1. The van der Waals surface area contributed by atoms with Crippen LogP contribution in [0.15, 0.2) is 36.4 Å². The Bertz CT molecular complexity index is 800. The molecule has 0 aliphatic heterocycles. The zero-order valence-corrected chi connectivity index (χ0v) is 17.4. The van der Waals surface area contributed by atoms with Crippen LogP contribution in [0.2, 0.25) is 0 Å². The molecule has 1 saturated carbocycles. The Balaban J connectivity index is 1.87. The van der Waals surface area contributed by atoms with Crippen molar-refractivity contribution in [1.29, 1.82) is 0 Å². The number of fused-ring (bicyclic) bond motifs is 1. The monoisotopic (exact) mass is 383 g/mol. The van der Waals surface area contributed by atoms with Crippen molar-refractivity contribution < 1.29 is 14.3 Å². The van der Waals surface area contributed by atoms with Gasteiger partial charge in [0, 0.05) is 23.1 Å². The maximum atomic E-state index is 13.3. The van der Waals surface area contributed by atoms with Gasteiger partial charge in [0.05, 0.1) is 6.61 Å². The quantitative estimate of drug-likeness (QED) is 0.574. The van der Waals surface area contributed by atoms with Crippen LogP contribution < -0.4 is 10.1 Å². The van der Waals surface area contributed by atoms with Gasteiger partial charge in [0.1, 0.15) is 11.4 Å². The van der Waals surface area contributed by atoms with Crippen LogP contribution in [0.4, 0.5) is 5.69 Å². The molecule has 0 radical (unpaired) electrons. The van der Waals surface area contributed by atoms with Crippen molar-refractivity contribution in [2.24, 2.45) is 5.92 Å². The minimum absolute atomic E-state index is 0.0225. The highest BCUT2D eigenvalue weighted by molar-refractivity contribution is 6.06. The molecule has 2 aromatic rings. The highest BCUT2D eigenvalue weighted by Gasteiger charge is 2.42. The van der Waals surface area contributed by atoms with Gasteiger partial charge in [0.25, 0.3) is 5.91 Å². The molecule has 1 N–H and O–H groups in total. The van der Waals surface area contributed by atoms with E-state index in [-0.39, 0.29) is 5.91 Å². The summed E-state index contributed by atoms with van der Waals surface area (Å²) in [6.07, 6.45) is 5.89. The van der Waals surface area contributed by atoms with Crippen LogP contribution in [0.25, 0.3) is 10.8 Å². The van der Waals surface area contributed by atoms with Crippen molar-refractivity contribution in [1.82, 2.24) is 0 Å². The molecule has 152 valence electrons. The minimum Gasteiger partial charge on any atom is -0.493 e. The minimum atomic E-state index is -0.718. The Morgan fingerprint density at radius 2 is 1.96 bits per heavy atom.